The van der Waals surface area contributed by atoms with Gasteiger partial charge in [-0.05, 0) is 43.7 Å². The van der Waals surface area contributed by atoms with Gasteiger partial charge in [0, 0.05) is 11.3 Å². The van der Waals surface area contributed by atoms with Crippen molar-refractivity contribution in [1.82, 2.24) is 19.6 Å². The molecule has 7 heteroatoms. The van der Waals surface area contributed by atoms with E-state index in [0.29, 0.717) is 16.7 Å². The molecule has 0 unspecified atom stereocenters. The van der Waals surface area contributed by atoms with Gasteiger partial charge in [0.2, 0.25) is 0 Å². The number of benzene rings is 1. The zero-order chi connectivity index (χ0) is 17.7. The number of halogens is 1. The van der Waals surface area contributed by atoms with Gasteiger partial charge in [0.15, 0.2) is 17.0 Å². The Morgan fingerprint density at radius 1 is 1.16 bits per heavy atom. The van der Waals surface area contributed by atoms with E-state index in [-0.39, 0.29) is 17.0 Å². The van der Waals surface area contributed by atoms with Crippen molar-refractivity contribution in [2.24, 2.45) is 0 Å². The number of aryl methyl sites for hydroxylation is 2. The number of nitrogens with zero attached hydrogens (tertiary/aromatic N) is 4. The summed E-state index contributed by atoms with van der Waals surface area (Å²) >= 11 is 0. The van der Waals surface area contributed by atoms with Crippen molar-refractivity contribution in [2.45, 2.75) is 13.8 Å². The molecule has 124 valence electrons. The summed E-state index contributed by atoms with van der Waals surface area (Å²) in [7, 11) is 0. The average Bonchev–Trinajstić information content (AvgIpc) is 2.92. The Labute approximate surface area is 141 Å². The van der Waals surface area contributed by atoms with Crippen LogP contribution in [0.2, 0.25) is 0 Å². The lowest BCUT2D eigenvalue weighted by atomic mass is 10.1. The van der Waals surface area contributed by atoms with Crippen LogP contribution < -0.4 is 0 Å². The fraction of sp³-hybridized carbons (Fsp3) is 0.111. The van der Waals surface area contributed by atoms with Crippen molar-refractivity contribution in [3.05, 3.63) is 59.2 Å². The summed E-state index contributed by atoms with van der Waals surface area (Å²) in [6.45, 7) is 3.73. The molecule has 0 atom stereocenters. The predicted octanol–water partition coefficient (Wildman–Crippen LogP) is 3.40. The number of hydrogen-bond acceptors (Lipinski definition) is 4. The van der Waals surface area contributed by atoms with Crippen LogP contribution in [0.4, 0.5) is 4.39 Å². The molecule has 4 rings (SSSR count). The zero-order valence-corrected chi connectivity index (χ0v) is 13.5. The minimum Gasteiger partial charge on any atom is -0.477 e. The van der Waals surface area contributed by atoms with Gasteiger partial charge in [-0.25, -0.2) is 23.7 Å². The van der Waals surface area contributed by atoms with Gasteiger partial charge in [0.25, 0.3) is 0 Å². The maximum Gasteiger partial charge on any atom is 0.354 e. The normalized spacial score (nSPS) is 11.3. The van der Waals surface area contributed by atoms with E-state index in [0.717, 1.165) is 11.3 Å². The first-order valence-electron chi connectivity index (χ1n) is 7.61. The number of carbonyl (C=O) groups is 1. The maximum absolute atomic E-state index is 14.2. The van der Waals surface area contributed by atoms with E-state index in [1.165, 1.54) is 16.6 Å². The lowest BCUT2D eigenvalue weighted by Crippen LogP contribution is -2.08. The number of fused-ring (bicyclic) bond motifs is 3. The summed E-state index contributed by atoms with van der Waals surface area (Å²) in [5.41, 5.74) is 2.80. The Morgan fingerprint density at radius 2 is 1.92 bits per heavy atom. The minimum atomic E-state index is -1.17. The van der Waals surface area contributed by atoms with Crippen molar-refractivity contribution in [3.63, 3.8) is 0 Å². The molecule has 1 N–H and O–H groups in total. The second kappa shape index (κ2) is 5.34. The van der Waals surface area contributed by atoms with Gasteiger partial charge in [-0.2, -0.15) is 0 Å². The molecule has 0 amide bonds. The standard InChI is InChI=1S/C18H13FN4O2/c1-9-7-10(2)20-16-15(9)17-21-13(11-5-3-4-6-12(11)19)8-14(18(24)25)23(17)22-16/h3-8H,1-2H3,(H,24,25). The van der Waals surface area contributed by atoms with Crippen LogP contribution in [0.5, 0.6) is 0 Å². The molecule has 0 aliphatic carbocycles. The number of rotatable bonds is 2. The summed E-state index contributed by atoms with van der Waals surface area (Å²) in [5, 5.41) is 14.5. The lowest BCUT2D eigenvalue weighted by Gasteiger charge is -2.06. The molecule has 25 heavy (non-hydrogen) atoms. The molecule has 0 aliphatic rings. The number of hydrogen-bond donors (Lipinski definition) is 1. The van der Waals surface area contributed by atoms with Gasteiger partial charge in [-0.3, -0.25) is 0 Å². The third-order valence-corrected chi connectivity index (χ3v) is 4.04. The molecule has 0 bridgehead atoms. The van der Waals surface area contributed by atoms with Crippen LogP contribution in [0, 0.1) is 19.7 Å². The number of aromatic nitrogens is 4. The fourth-order valence-electron chi connectivity index (χ4n) is 2.98. The van der Waals surface area contributed by atoms with Crippen LogP contribution in [0.25, 0.3) is 27.9 Å². The van der Waals surface area contributed by atoms with Crippen LogP contribution in [0.1, 0.15) is 21.7 Å². The Bertz CT molecular complexity index is 1170. The summed E-state index contributed by atoms with van der Waals surface area (Å²) in [4.78, 5) is 20.5. The maximum atomic E-state index is 14.2. The summed E-state index contributed by atoms with van der Waals surface area (Å²) < 4.78 is 15.4. The Balaban J connectivity index is 2.16. The highest BCUT2D eigenvalue weighted by atomic mass is 19.1. The molecular weight excluding hydrogens is 323 g/mol. The van der Waals surface area contributed by atoms with E-state index in [1.807, 2.05) is 19.9 Å². The molecule has 3 heterocycles. The van der Waals surface area contributed by atoms with Crippen LogP contribution in [0.3, 0.4) is 0 Å². The van der Waals surface area contributed by atoms with Crippen molar-refractivity contribution < 1.29 is 14.3 Å². The molecule has 4 aromatic rings. The van der Waals surface area contributed by atoms with Crippen molar-refractivity contribution in [1.29, 1.82) is 0 Å². The zero-order valence-electron chi connectivity index (χ0n) is 13.5. The molecule has 1 aromatic carbocycles. The minimum absolute atomic E-state index is 0.0988. The van der Waals surface area contributed by atoms with E-state index in [9.17, 15) is 14.3 Å². The molecule has 3 aromatic heterocycles. The third kappa shape index (κ3) is 2.32. The molecule has 0 saturated heterocycles. The van der Waals surface area contributed by atoms with Gasteiger partial charge < -0.3 is 5.11 Å². The second-order valence-corrected chi connectivity index (χ2v) is 5.83. The van der Waals surface area contributed by atoms with E-state index in [4.69, 9.17) is 0 Å². The first kappa shape index (κ1) is 15.2. The van der Waals surface area contributed by atoms with Crippen molar-refractivity contribution >= 4 is 22.6 Å². The van der Waals surface area contributed by atoms with Gasteiger partial charge >= 0.3 is 5.97 Å². The Hall–Kier alpha value is -3.35. The largest absolute Gasteiger partial charge is 0.477 e. The lowest BCUT2D eigenvalue weighted by molar-refractivity contribution is 0.0687. The number of aromatic carboxylic acids is 1. The molecule has 0 aliphatic heterocycles. The highest BCUT2D eigenvalue weighted by molar-refractivity contribution is 5.96. The SMILES string of the molecule is Cc1cc(C)c2c(n1)nn1c(C(=O)O)cc(-c3ccccc3F)nc21. The highest BCUT2D eigenvalue weighted by Gasteiger charge is 2.20. The Kier molecular flexibility index (Phi) is 3.24. The van der Waals surface area contributed by atoms with E-state index in [2.05, 4.69) is 15.1 Å². The average molecular weight is 336 g/mol. The molecule has 0 fully saturated rings. The summed E-state index contributed by atoms with van der Waals surface area (Å²) in [6, 6.07) is 9.32. The van der Waals surface area contributed by atoms with Crippen LogP contribution in [0.15, 0.2) is 36.4 Å². The molecule has 6 nitrogen and oxygen atoms in total. The van der Waals surface area contributed by atoms with E-state index < -0.39 is 11.8 Å². The number of carboxylic acids is 1. The highest BCUT2D eigenvalue weighted by Crippen LogP contribution is 2.27. The number of carboxylic acid groups (broad SMARTS) is 1. The molecule has 0 radical (unpaired) electrons. The predicted molar refractivity (Wildman–Crippen MR) is 90.1 cm³/mol. The second-order valence-electron chi connectivity index (χ2n) is 5.83. The van der Waals surface area contributed by atoms with Gasteiger partial charge in [-0.15, -0.1) is 5.10 Å². The topological polar surface area (TPSA) is 80.4 Å². The van der Waals surface area contributed by atoms with Gasteiger partial charge in [0.05, 0.1) is 11.1 Å². The smallest absolute Gasteiger partial charge is 0.354 e. The monoisotopic (exact) mass is 336 g/mol. The quantitative estimate of drug-likeness (QED) is 0.607. The fourth-order valence-corrected chi connectivity index (χ4v) is 2.98. The third-order valence-electron chi connectivity index (χ3n) is 4.04. The van der Waals surface area contributed by atoms with Crippen molar-refractivity contribution in [2.75, 3.05) is 0 Å². The molecule has 0 saturated carbocycles. The van der Waals surface area contributed by atoms with Crippen LogP contribution >= 0.6 is 0 Å². The van der Waals surface area contributed by atoms with E-state index >= 15 is 0 Å². The van der Waals surface area contributed by atoms with Crippen LogP contribution in [-0.2, 0) is 0 Å². The number of pyridine rings is 1. The Morgan fingerprint density at radius 3 is 2.64 bits per heavy atom. The van der Waals surface area contributed by atoms with Gasteiger partial charge in [-0.1, -0.05) is 12.1 Å². The van der Waals surface area contributed by atoms with Crippen LogP contribution in [-0.4, -0.2) is 30.7 Å². The summed E-state index contributed by atoms with van der Waals surface area (Å²) in [5.74, 6) is -1.64. The summed E-state index contributed by atoms with van der Waals surface area (Å²) in [6.07, 6.45) is 0. The first-order valence-corrected chi connectivity index (χ1v) is 7.61. The van der Waals surface area contributed by atoms with Crippen molar-refractivity contribution in [3.8, 4) is 11.3 Å². The van der Waals surface area contributed by atoms with E-state index in [1.54, 1.807) is 18.2 Å². The molecule has 0 spiro atoms. The van der Waals surface area contributed by atoms with Gasteiger partial charge in [0.1, 0.15) is 5.82 Å². The molecular formula is C18H13FN4O2. The first-order chi connectivity index (χ1) is 12.0.